The maximum Gasteiger partial charge on any atom is 0.169 e. The first kappa shape index (κ1) is 13.2. The Morgan fingerprint density at radius 2 is 1.75 bits per heavy atom. The molecule has 0 saturated carbocycles. The van der Waals surface area contributed by atoms with Crippen molar-refractivity contribution in [1.82, 2.24) is 5.32 Å². The summed E-state index contributed by atoms with van der Waals surface area (Å²) in [6.07, 6.45) is 0.863. The molecule has 1 aromatic rings. The van der Waals surface area contributed by atoms with Crippen LogP contribution in [-0.2, 0) is 9.47 Å². The summed E-state index contributed by atoms with van der Waals surface area (Å²) in [6, 6.07) is 10.8. The van der Waals surface area contributed by atoms with Crippen LogP contribution < -0.4 is 5.32 Å². The molecule has 1 aromatic carbocycles. The Balaban J connectivity index is 2.50. The third-order valence-electron chi connectivity index (χ3n) is 2.67. The highest BCUT2D eigenvalue weighted by atomic mass is 16.7. The summed E-state index contributed by atoms with van der Waals surface area (Å²) in [6.45, 7) is 2.86. The quantitative estimate of drug-likeness (QED) is 0.720. The van der Waals surface area contributed by atoms with Crippen LogP contribution >= 0.6 is 0 Å². The molecule has 0 bridgehead atoms. The lowest BCUT2D eigenvalue weighted by Crippen LogP contribution is -2.32. The monoisotopic (exact) mass is 223 g/mol. The van der Waals surface area contributed by atoms with Gasteiger partial charge in [-0.1, -0.05) is 37.3 Å². The number of nitrogens with one attached hydrogen (secondary N) is 1. The van der Waals surface area contributed by atoms with Crippen molar-refractivity contribution in [2.45, 2.75) is 25.7 Å². The molecule has 0 aliphatic heterocycles. The number of methoxy groups -OCH3 is 2. The Morgan fingerprint density at radius 1 is 1.12 bits per heavy atom. The molecule has 16 heavy (non-hydrogen) atoms. The maximum atomic E-state index is 5.15. The predicted molar refractivity (Wildman–Crippen MR) is 65.3 cm³/mol. The van der Waals surface area contributed by atoms with E-state index in [0.717, 1.165) is 6.42 Å². The Morgan fingerprint density at radius 3 is 2.25 bits per heavy atom. The second kappa shape index (κ2) is 7.39. The number of hydrogen-bond acceptors (Lipinski definition) is 3. The predicted octanol–water partition coefficient (Wildman–Crippen LogP) is 2.35. The van der Waals surface area contributed by atoms with Gasteiger partial charge in [-0.3, -0.25) is 0 Å². The molecule has 0 heterocycles. The highest BCUT2D eigenvalue weighted by molar-refractivity contribution is 5.18. The van der Waals surface area contributed by atoms with Crippen LogP contribution in [-0.4, -0.2) is 27.1 Å². The molecule has 0 fully saturated rings. The van der Waals surface area contributed by atoms with E-state index < -0.39 is 0 Å². The lowest BCUT2D eigenvalue weighted by atomic mass is 10.0. The largest absolute Gasteiger partial charge is 0.355 e. The number of benzene rings is 1. The van der Waals surface area contributed by atoms with Gasteiger partial charge in [0.15, 0.2) is 6.29 Å². The van der Waals surface area contributed by atoms with Crippen LogP contribution in [0.2, 0.25) is 0 Å². The number of rotatable bonds is 7. The van der Waals surface area contributed by atoms with E-state index in [-0.39, 0.29) is 6.29 Å². The fourth-order valence-corrected chi connectivity index (χ4v) is 1.68. The zero-order valence-corrected chi connectivity index (χ0v) is 10.3. The van der Waals surface area contributed by atoms with Crippen molar-refractivity contribution in [2.24, 2.45) is 0 Å². The minimum Gasteiger partial charge on any atom is -0.355 e. The van der Waals surface area contributed by atoms with E-state index in [9.17, 15) is 0 Å². The second-order valence-electron chi connectivity index (χ2n) is 3.68. The first-order chi connectivity index (χ1) is 7.81. The van der Waals surface area contributed by atoms with Crippen LogP contribution in [0.5, 0.6) is 0 Å². The van der Waals surface area contributed by atoms with Gasteiger partial charge in [0.1, 0.15) is 0 Å². The Kier molecular flexibility index (Phi) is 6.08. The molecule has 1 N–H and O–H groups in total. The van der Waals surface area contributed by atoms with Gasteiger partial charge < -0.3 is 14.8 Å². The first-order valence-electron chi connectivity index (χ1n) is 5.65. The topological polar surface area (TPSA) is 30.5 Å². The molecule has 0 aliphatic rings. The summed E-state index contributed by atoms with van der Waals surface area (Å²) in [5, 5.41) is 3.44. The fraction of sp³-hybridized carbons (Fsp3) is 0.538. The molecule has 0 spiro atoms. The van der Waals surface area contributed by atoms with E-state index in [2.05, 4.69) is 36.5 Å². The van der Waals surface area contributed by atoms with Crippen LogP contribution in [0.3, 0.4) is 0 Å². The van der Waals surface area contributed by atoms with E-state index in [1.165, 1.54) is 5.56 Å². The van der Waals surface area contributed by atoms with Crippen LogP contribution in [0.25, 0.3) is 0 Å². The molecule has 0 aliphatic carbocycles. The van der Waals surface area contributed by atoms with Gasteiger partial charge in [-0.05, 0) is 12.0 Å². The maximum absolute atomic E-state index is 5.15. The molecule has 1 atom stereocenters. The van der Waals surface area contributed by atoms with E-state index in [1.54, 1.807) is 14.2 Å². The summed E-state index contributed by atoms with van der Waals surface area (Å²) in [5.74, 6) is 0. The van der Waals surface area contributed by atoms with Gasteiger partial charge in [0.05, 0.1) is 0 Å². The molecule has 3 nitrogen and oxygen atoms in total. The van der Waals surface area contributed by atoms with E-state index >= 15 is 0 Å². The summed E-state index contributed by atoms with van der Waals surface area (Å²) in [4.78, 5) is 0. The zero-order chi connectivity index (χ0) is 11.8. The minimum absolute atomic E-state index is 0.183. The Hall–Kier alpha value is -0.900. The van der Waals surface area contributed by atoms with Gasteiger partial charge in [0, 0.05) is 26.8 Å². The summed E-state index contributed by atoms with van der Waals surface area (Å²) >= 11 is 0. The van der Waals surface area contributed by atoms with Gasteiger partial charge in [0.2, 0.25) is 0 Å². The second-order valence-corrected chi connectivity index (χ2v) is 3.68. The molecule has 0 radical (unpaired) electrons. The molecule has 3 heteroatoms. The summed E-state index contributed by atoms with van der Waals surface area (Å²) < 4.78 is 10.3. The van der Waals surface area contributed by atoms with Crippen LogP contribution in [0, 0.1) is 0 Å². The number of ether oxygens (including phenoxy) is 2. The third kappa shape index (κ3) is 3.93. The van der Waals surface area contributed by atoms with Crippen molar-refractivity contribution < 1.29 is 9.47 Å². The van der Waals surface area contributed by atoms with Crippen molar-refractivity contribution >= 4 is 0 Å². The van der Waals surface area contributed by atoms with Crippen LogP contribution in [0.1, 0.15) is 24.9 Å². The fourth-order valence-electron chi connectivity index (χ4n) is 1.68. The van der Waals surface area contributed by atoms with Crippen molar-refractivity contribution in [3.63, 3.8) is 0 Å². The van der Waals surface area contributed by atoms with Crippen molar-refractivity contribution in [1.29, 1.82) is 0 Å². The Labute approximate surface area is 97.8 Å². The van der Waals surface area contributed by atoms with E-state index in [1.807, 2.05) is 6.07 Å². The standard InChI is InChI=1S/C13H21NO2/c1-4-12(11-8-6-5-7-9-11)14-10-13(15-2)16-3/h5-9,12-14H,4,10H2,1-3H3/t12-/m1/s1. The minimum atomic E-state index is -0.183. The molecular formula is C13H21NO2. The third-order valence-corrected chi connectivity index (χ3v) is 2.67. The molecular weight excluding hydrogens is 202 g/mol. The van der Waals surface area contributed by atoms with Gasteiger partial charge in [-0.25, -0.2) is 0 Å². The average Bonchev–Trinajstić information content (AvgIpc) is 2.36. The summed E-state index contributed by atoms with van der Waals surface area (Å²) in [7, 11) is 3.30. The molecule has 1 rings (SSSR count). The number of hydrogen-bond donors (Lipinski definition) is 1. The van der Waals surface area contributed by atoms with Crippen molar-refractivity contribution in [3.05, 3.63) is 35.9 Å². The highest BCUT2D eigenvalue weighted by Crippen LogP contribution is 2.15. The van der Waals surface area contributed by atoms with E-state index in [4.69, 9.17) is 9.47 Å². The van der Waals surface area contributed by atoms with Gasteiger partial charge in [-0.2, -0.15) is 0 Å². The van der Waals surface area contributed by atoms with Crippen LogP contribution in [0.15, 0.2) is 30.3 Å². The normalized spacial score (nSPS) is 13.0. The van der Waals surface area contributed by atoms with Gasteiger partial charge >= 0.3 is 0 Å². The lowest BCUT2D eigenvalue weighted by molar-refractivity contribution is -0.0999. The molecule has 0 aromatic heterocycles. The lowest BCUT2D eigenvalue weighted by Gasteiger charge is -2.20. The van der Waals surface area contributed by atoms with Gasteiger partial charge in [-0.15, -0.1) is 0 Å². The van der Waals surface area contributed by atoms with E-state index in [0.29, 0.717) is 12.6 Å². The first-order valence-corrected chi connectivity index (χ1v) is 5.65. The smallest absolute Gasteiger partial charge is 0.169 e. The SMILES string of the molecule is CC[C@@H](NCC(OC)OC)c1ccccc1. The summed E-state index contributed by atoms with van der Waals surface area (Å²) in [5.41, 5.74) is 1.30. The van der Waals surface area contributed by atoms with Crippen molar-refractivity contribution in [3.8, 4) is 0 Å². The molecule has 90 valence electrons. The molecule has 0 saturated heterocycles. The molecule has 0 unspecified atom stereocenters. The van der Waals surface area contributed by atoms with Crippen molar-refractivity contribution in [2.75, 3.05) is 20.8 Å². The van der Waals surface area contributed by atoms with Crippen LogP contribution in [0.4, 0.5) is 0 Å². The average molecular weight is 223 g/mol. The Bertz CT molecular complexity index is 273. The highest BCUT2D eigenvalue weighted by Gasteiger charge is 2.11. The van der Waals surface area contributed by atoms with Gasteiger partial charge in [0.25, 0.3) is 0 Å². The molecule has 0 amide bonds. The zero-order valence-electron chi connectivity index (χ0n) is 10.3.